The molecule has 0 radical (unpaired) electrons. The van der Waals surface area contributed by atoms with Crippen LogP contribution in [0.25, 0.3) is 6.08 Å². The highest BCUT2D eigenvalue weighted by Crippen LogP contribution is 2.20. The van der Waals surface area contributed by atoms with Gasteiger partial charge in [-0.2, -0.15) is 5.10 Å². The topological polar surface area (TPSA) is 81.1 Å². The van der Waals surface area contributed by atoms with Crippen LogP contribution in [0.3, 0.4) is 0 Å². The summed E-state index contributed by atoms with van der Waals surface area (Å²) in [6, 6.07) is 5.95. The first-order valence-corrected chi connectivity index (χ1v) is 8.93. The molecule has 1 aromatic carbocycles. The van der Waals surface area contributed by atoms with Gasteiger partial charge in [0.25, 0.3) is 0 Å². The summed E-state index contributed by atoms with van der Waals surface area (Å²) in [6.07, 6.45) is 4.06. The van der Waals surface area contributed by atoms with Crippen LogP contribution in [0.1, 0.15) is 11.3 Å². The normalized spacial score (nSPS) is 11.8. The number of carbonyl (C=O) groups is 1. The van der Waals surface area contributed by atoms with E-state index in [2.05, 4.69) is 10.4 Å². The fourth-order valence-corrected chi connectivity index (χ4v) is 2.83. The molecule has 0 atom stereocenters. The highest BCUT2D eigenvalue weighted by molar-refractivity contribution is 7.90. The van der Waals surface area contributed by atoms with E-state index in [1.807, 2.05) is 0 Å². The second kappa shape index (κ2) is 6.55. The summed E-state index contributed by atoms with van der Waals surface area (Å²) < 4.78 is 24.3. The van der Waals surface area contributed by atoms with Crippen molar-refractivity contribution in [1.29, 1.82) is 0 Å². The van der Waals surface area contributed by atoms with Crippen molar-refractivity contribution < 1.29 is 13.2 Å². The summed E-state index contributed by atoms with van der Waals surface area (Å²) in [5, 5.41) is 7.24. The van der Waals surface area contributed by atoms with Gasteiger partial charge in [-0.1, -0.05) is 11.6 Å². The summed E-state index contributed by atoms with van der Waals surface area (Å²) in [5.41, 5.74) is 1.90. The van der Waals surface area contributed by atoms with Crippen molar-refractivity contribution in [2.45, 2.75) is 11.8 Å². The van der Waals surface area contributed by atoms with Crippen LogP contribution in [0.5, 0.6) is 0 Å². The maximum absolute atomic E-state index is 11.9. The fourth-order valence-electron chi connectivity index (χ4n) is 1.96. The molecule has 0 bridgehead atoms. The van der Waals surface area contributed by atoms with Gasteiger partial charge in [-0.15, -0.1) is 0 Å². The van der Waals surface area contributed by atoms with E-state index < -0.39 is 9.84 Å². The second-order valence-electron chi connectivity index (χ2n) is 5.03. The Morgan fingerprint density at radius 3 is 2.39 bits per heavy atom. The fraction of sp³-hybridized carbons (Fsp3) is 0.200. The minimum atomic E-state index is -3.25. The molecule has 0 spiro atoms. The summed E-state index contributed by atoms with van der Waals surface area (Å²) in [6.45, 7) is 1.80. The van der Waals surface area contributed by atoms with Gasteiger partial charge in [0.05, 0.1) is 10.6 Å². The molecule has 0 saturated heterocycles. The second-order valence-corrected chi connectivity index (χ2v) is 7.41. The number of hydrogen-bond donors (Lipinski definition) is 1. The lowest BCUT2D eigenvalue weighted by Gasteiger charge is -2.03. The number of hydrogen-bond acceptors (Lipinski definition) is 4. The van der Waals surface area contributed by atoms with Crippen LogP contribution in [-0.2, 0) is 21.7 Å². The predicted molar refractivity (Wildman–Crippen MR) is 90.2 cm³/mol. The molecule has 0 aliphatic heterocycles. The van der Waals surface area contributed by atoms with Gasteiger partial charge in [0, 0.05) is 30.6 Å². The zero-order chi connectivity index (χ0) is 17.2. The first-order valence-electron chi connectivity index (χ1n) is 6.67. The van der Waals surface area contributed by atoms with Gasteiger partial charge >= 0.3 is 0 Å². The van der Waals surface area contributed by atoms with E-state index in [0.29, 0.717) is 16.4 Å². The Balaban J connectivity index is 2.09. The van der Waals surface area contributed by atoms with Crippen molar-refractivity contribution in [3.63, 3.8) is 0 Å². The standard InChI is InChI=1S/C15H16ClN3O3S/c1-10-13(15(16)19(2)18-10)8-9-14(20)17-11-4-6-12(7-5-11)23(3,21)22/h4-9H,1-3H3,(H,17,20)/b9-8+. The lowest BCUT2D eigenvalue weighted by Crippen LogP contribution is -2.08. The molecule has 1 amide bonds. The number of benzene rings is 1. The van der Waals surface area contributed by atoms with Crippen LogP contribution in [0.4, 0.5) is 5.69 Å². The van der Waals surface area contributed by atoms with Crippen LogP contribution < -0.4 is 5.32 Å². The Bertz CT molecular complexity index is 868. The number of amides is 1. The molecule has 2 rings (SSSR count). The molecule has 0 aliphatic carbocycles. The average Bonchev–Trinajstić information content (AvgIpc) is 2.70. The van der Waals surface area contributed by atoms with Crippen molar-refractivity contribution in [2.24, 2.45) is 7.05 Å². The quantitative estimate of drug-likeness (QED) is 0.856. The van der Waals surface area contributed by atoms with E-state index >= 15 is 0 Å². The lowest BCUT2D eigenvalue weighted by molar-refractivity contribution is -0.111. The zero-order valence-electron chi connectivity index (χ0n) is 12.9. The largest absolute Gasteiger partial charge is 0.323 e. The third-order valence-electron chi connectivity index (χ3n) is 3.15. The maximum atomic E-state index is 11.9. The minimum Gasteiger partial charge on any atom is -0.323 e. The molecule has 122 valence electrons. The van der Waals surface area contributed by atoms with E-state index in [0.717, 1.165) is 11.9 Å². The Hall–Kier alpha value is -2.12. The van der Waals surface area contributed by atoms with E-state index in [9.17, 15) is 13.2 Å². The van der Waals surface area contributed by atoms with Crippen LogP contribution in [0.2, 0.25) is 5.15 Å². The molecule has 0 aliphatic rings. The summed E-state index contributed by atoms with van der Waals surface area (Å²) in [5.74, 6) is -0.351. The number of anilines is 1. The zero-order valence-corrected chi connectivity index (χ0v) is 14.4. The van der Waals surface area contributed by atoms with Crippen LogP contribution in [0, 0.1) is 6.92 Å². The van der Waals surface area contributed by atoms with Gasteiger partial charge in [-0.05, 0) is 37.3 Å². The van der Waals surface area contributed by atoms with Crippen molar-refractivity contribution in [2.75, 3.05) is 11.6 Å². The van der Waals surface area contributed by atoms with E-state index in [1.54, 1.807) is 20.0 Å². The molecule has 1 aromatic heterocycles. The van der Waals surface area contributed by atoms with Crippen LogP contribution >= 0.6 is 11.6 Å². The highest BCUT2D eigenvalue weighted by atomic mass is 35.5. The number of nitrogens with zero attached hydrogens (tertiary/aromatic N) is 2. The monoisotopic (exact) mass is 353 g/mol. The molecule has 23 heavy (non-hydrogen) atoms. The first-order chi connectivity index (χ1) is 10.7. The molecule has 8 heteroatoms. The molecule has 1 N–H and O–H groups in total. The molecule has 0 unspecified atom stereocenters. The average molecular weight is 354 g/mol. The number of aryl methyl sites for hydroxylation is 2. The lowest BCUT2D eigenvalue weighted by atomic mass is 10.2. The van der Waals surface area contributed by atoms with Gasteiger partial charge in [-0.25, -0.2) is 8.42 Å². The van der Waals surface area contributed by atoms with Crippen molar-refractivity contribution in [3.8, 4) is 0 Å². The van der Waals surface area contributed by atoms with E-state index in [1.165, 1.54) is 35.0 Å². The minimum absolute atomic E-state index is 0.198. The molecular formula is C15H16ClN3O3S. The number of carbonyl (C=O) groups excluding carboxylic acids is 1. The molecule has 0 fully saturated rings. The first kappa shape index (κ1) is 17.2. The summed E-state index contributed by atoms with van der Waals surface area (Å²) >= 11 is 6.08. The smallest absolute Gasteiger partial charge is 0.248 e. The van der Waals surface area contributed by atoms with Crippen LogP contribution in [0.15, 0.2) is 35.2 Å². The Morgan fingerprint density at radius 1 is 1.30 bits per heavy atom. The summed E-state index contributed by atoms with van der Waals surface area (Å²) in [4.78, 5) is 12.1. The number of nitrogens with one attached hydrogen (secondary N) is 1. The van der Waals surface area contributed by atoms with Gasteiger partial charge in [0.2, 0.25) is 5.91 Å². The van der Waals surface area contributed by atoms with Gasteiger partial charge in [-0.3, -0.25) is 9.48 Å². The molecule has 2 aromatic rings. The van der Waals surface area contributed by atoms with Gasteiger partial charge < -0.3 is 5.32 Å². The van der Waals surface area contributed by atoms with E-state index in [4.69, 9.17) is 11.6 Å². The summed E-state index contributed by atoms with van der Waals surface area (Å²) in [7, 11) is -1.53. The number of sulfone groups is 1. The van der Waals surface area contributed by atoms with E-state index in [-0.39, 0.29) is 10.8 Å². The van der Waals surface area contributed by atoms with Crippen molar-refractivity contribution in [3.05, 3.63) is 46.8 Å². The molecule has 6 nitrogen and oxygen atoms in total. The highest BCUT2D eigenvalue weighted by Gasteiger charge is 2.09. The SMILES string of the molecule is Cc1nn(C)c(Cl)c1/C=C/C(=O)Nc1ccc(S(C)(=O)=O)cc1. The van der Waals surface area contributed by atoms with Crippen LogP contribution in [-0.4, -0.2) is 30.4 Å². The predicted octanol–water partition coefficient (Wildman–Crippen LogP) is 2.44. The number of rotatable bonds is 4. The van der Waals surface area contributed by atoms with Gasteiger partial charge in [0.15, 0.2) is 9.84 Å². The number of halogens is 1. The Kier molecular flexibility index (Phi) is 4.91. The molecule has 0 saturated carbocycles. The van der Waals surface area contributed by atoms with Crippen molar-refractivity contribution >= 4 is 39.1 Å². The Morgan fingerprint density at radius 2 is 1.91 bits per heavy atom. The van der Waals surface area contributed by atoms with Gasteiger partial charge in [0.1, 0.15) is 5.15 Å². The van der Waals surface area contributed by atoms with Crippen molar-refractivity contribution in [1.82, 2.24) is 9.78 Å². The number of aromatic nitrogens is 2. The maximum Gasteiger partial charge on any atom is 0.248 e. The Labute approximate surface area is 139 Å². The third-order valence-corrected chi connectivity index (χ3v) is 4.72. The molecular weight excluding hydrogens is 338 g/mol. The third kappa shape index (κ3) is 4.20. The molecule has 1 heterocycles.